The van der Waals surface area contributed by atoms with E-state index in [-0.39, 0.29) is 5.41 Å². The molecule has 60 heavy (non-hydrogen) atoms. The van der Waals surface area contributed by atoms with E-state index >= 15 is 0 Å². The first-order chi connectivity index (χ1) is 29.5. The Morgan fingerprint density at radius 1 is 0.283 bits per heavy atom. The van der Waals surface area contributed by atoms with Crippen molar-refractivity contribution in [2.75, 3.05) is 0 Å². The second kappa shape index (κ2) is 12.2. The molecule has 0 saturated heterocycles. The van der Waals surface area contributed by atoms with E-state index in [9.17, 15) is 0 Å². The predicted molar refractivity (Wildman–Crippen MR) is 252 cm³/mol. The summed E-state index contributed by atoms with van der Waals surface area (Å²) < 4.78 is 7.32. The predicted octanol–water partition coefficient (Wildman–Crippen LogP) is 15.0. The average Bonchev–Trinajstić information content (AvgIpc) is 3.99. The summed E-state index contributed by atoms with van der Waals surface area (Å²) in [5, 5.41) is 7.52. The van der Waals surface area contributed by atoms with E-state index in [1.807, 2.05) is 0 Å². The van der Waals surface area contributed by atoms with E-state index in [4.69, 9.17) is 0 Å². The van der Waals surface area contributed by atoms with Gasteiger partial charge < -0.3 is 13.7 Å². The van der Waals surface area contributed by atoms with Gasteiger partial charge in [-0.05, 0) is 106 Å². The summed E-state index contributed by atoms with van der Waals surface area (Å²) in [7, 11) is 0. The molecule has 3 aromatic heterocycles. The lowest BCUT2D eigenvalue weighted by Gasteiger charge is -2.22. The minimum absolute atomic E-state index is 0.0684. The molecule has 3 heteroatoms. The number of hydrogen-bond acceptors (Lipinski definition) is 0. The zero-order valence-electron chi connectivity index (χ0n) is 33.4. The Morgan fingerprint density at radius 2 is 0.750 bits per heavy atom. The molecule has 0 spiro atoms. The lowest BCUT2D eigenvalue weighted by molar-refractivity contribution is 0.660. The van der Waals surface area contributed by atoms with Gasteiger partial charge in [-0.15, -0.1) is 0 Å². The van der Waals surface area contributed by atoms with Gasteiger partial charge >= 0.3 is 0 Å². The van der Waals surface area contributed by atoms with E-state index in [1.54, 1.807) is 0 Å². The summed E-state index contributed by atoms with van der Waals surface area (Å²) in [6.07, 6.45) is 0. The molecule has 0 bridgehead atoms. The number of hydrogen-bond donors (Lipinski definition) is 0. The molecule has 9 aromatic carbocycles. The highest BCUT2D eigenvalue weighted by atomic mass is 15.0. The molecule has 3 nitrogen and oxygen atoms in total. The third-order valence-corrected chi connectivity index (χ3v) is 13.4. The molecular formula is C57H39N3. The topological polar surface area (TPSA) is 14.8 Å². The summed E-state index contributed by atoms with van der Waals surface area (Å²) >= 11 is 0. The summed E-state index contributed by atoms with van der Waals surface area (Å²) in [5.41, 5.74) is 18.5. The second-order valence-corrected chi connectivity index (χ2v) is 17.0. The third kappa shape index (κ3) is 4.55. The summed E-state index contributed by atoms with van der Waals surface area (Å²) in [6.45, 7) is 4.72. The van der Waals surface area contributed by atoms with E-state index in [0.717, 1.165) is 11.4 Å². The smallest absolute Gasteiger partial charge is 0.0561 e. The van der Waals surface area contributed by atoms with Crippen LogP contribution in [0.15, 0.2) is 200 Å². The number of para-hydroxylation sites is 4. The lowest BCUT2D eigenvalue weighted by atomic mass is 9.82. The Bertz CT molecular complexity index is 3740. The van der Waals surface area contributed by atoms with Gasteiger partial charge in [0.05, 0.1) is 33.1 Å². The van der Waals surface area contributed by atoms with Crippen molar-refractivity contribution >= 4 is 65.4 Å². The minimum atomic E-state index is -0.0684. The van der Waals surface area contributed by atoms with Crippen LogP contribution in [0.25, 0.3) is 105 Å². The highest BCUT2D eigenvalue weighted by Crippen LogP contribution is 2.49. The van der Waals surface area contributed by atoms with Crippen molar-refractivity contribution in [3.05, 3.63) is 211 Å². The molecule has 0 fully saturated rings. The Morgan fingerprint density at radius 3 is 1.48 bits per heavy atom. The van der Waals surface area contributed by atoms with Crippen LogP contribution in [0.5, 0.6) is 0 Å². The largest absolute Gasteiger partial charge is 0.309 e. The fourth-order valence-electron chi connectivity index (χ4n) is 10.6. The molecule has 0 saturated carbocycles. The fourth-order valence-corrected chi connectivity index (χ4v) is 10.6. The quantitative estimate of drug-likeness (QED) is 0.169. The van der Waals surface area contributed by atoms with Crippen molar-refractivity contribution < 1.29 is 0 Å². The van der Waals surface area contributed by atoms with Gasteiger partial charge in [0.2, 0.25) is 0 Å². The zero-order valence-corrected chi connectivity index (χ0v) is 33.4. The van der Waals surface area contributed by atoms with Gasteiger partial charge in [-0.3, -0.25) is 0 Å². The van der Waals surface area contributed by atoms with Crippen LogP contribution >= 0.6 is 0 Å². The summed E-state index contributed by atoms with van der Waals surface area (Å²) in [6, 6.07) is 74.2. The molecule has 282 valence electrons. The summed E-state index contributed by atoms with van der Waals surface area (Å²) in [5.74, 6) is 0. The van der Waals surface area contributed by atoms with Gasteiger partial charge in [0, 0.05) is 54.8 Å². The molecule has 1 aliphatic carbocycles. The van der Waals surface area contributed by atoms with Crippen LogP contribution in [0, 0.1) is 0 Å². The van der Waals surface area contributed by atoms with E-state index in [1.165, 1.54) is 104 Å². The van der Waals surface area contributed by atoms with Crippen LogP contribution in [0.3, 0.4) is 0 Å². The maximum atomic E-state index is 2.46. The fraction of sp³-hybridized carbons (Fsp3) is 0.0526. The van der Waals surface area contributed by atoms with Crippen molar-refractivity contribution in [2.24, 2.45) is 0 Å². The van der Waals surface area contributed by atoms with E-state index in [0.29, 0.717) is 0 Å². The standard InChI is InChI=1S/C57H39N3/c1-57(2)49-20-10-6-16-41(49)42-29-26-39(34-50(42)57)59-53-23-13-9-19-45(53)48-32-36(25-31-54(48)59)37-24-28-46-43-17-8-12-22-52(43)60(55(46)33-37)40-27-30-47-44-18-7-11-21-51(44)58(56(47)35-40)38-14-4-3-5-15-38/h3-35H,1-2H3. The van der Waals surface area contributed by atoms with Crippen molar-refractivity contribution in [1.82, 2.24) is 13.7 Å². The molecule has 13 rings (SSSR count). The molecule has 0 radical (unpaired) electrons. The highest BCUT2D eigenvalue weighted by Gasteiger charge is 2.35. The van der Waals surface area contributed by atoms with Crippen LogP contribution in [-0.2, 0) is 5.41 Å². The molecule has 0 amide bonds. The van der Waals surface area contributed by atoms with Crippen molar-refractivity contribution in [2.45, 2.75) is 19.3 Å². The Kier molecular flexibility index (Phi) is 6.78. The first kappa shape index (κ1) is 33.4. The van der Waals surface area contributed by atoms with Gasteiger partial charge in [-0.2, -0.15) is 0 Å². The average molecular weight is 766 g/mol. The van der Waals surface area contributed by atoms with Gasteiger partial charge in [0.25, 0.3) is 0 Å². The lowest BCUT2D eigenvalue weighted by Crippen LogP contribution is -2.15. The van der Waals surface area contributed by atoms with Crippen LogP contribution < -0.4 is 0 Å². The molecule has 0 unspecified atom stereocenters. The highest BCUT2D eigenvalue weighted by molar-refractivity contribution is 6.14. The van der Waals surface area contributed by atoms with E-state index in [2.05, 4.69) is 228 Å². The van der Waals surface area contributed by atoms with Crippen LogP contribution in [-0.4, -0.2) is 13.7 Å². The van der Waals surface area contributed by atoms with E-state index < -0.39 is 0 Å². The number of nitrogens with zero attached hydrogens (tertiary/aromatic N) is 3. The molecule has 1 aliphatic rings. The molecule has 0 N–H and O–H groups in total. The third-order valence-electron chi connectivity index (χ3n) is 13.4. The monoisotopic (exact) mass is 765 g/mol. The summed E-state index contributed by atoms with van der Waals surface area (Å²) in [4.78, 5) is 0. The number of fused-ring (bicyclic) bond motifs is 12. The van der Waals surface area contributed by atoms with Gasteiger partial charge in [0.15, 0.2) is 0 Å². The van der Waals surface area contributed by atoms with Crippen LogP contribution in [0.2, 0.25) is 0 Å². The van der Waals surface area contributed by atoms with Crippen molar-refractivity contribution in [1.29, 1.82) is 0 Å². The van der Waals surface area contributed by atoms with Crippen molar-refractivity contribution in [3.63, 3.8) is 0 Å². The Labute approximate surface area is 347 Å². The van der Waals surface area contributed by atoms with Gasteiger partial charge in [-0.1, -0.05) is 141 Å². The normalized spacial score (nSPS) is 13.3. The number of benzene rings is 9. The number of rotatable bonds is 4. The molecular weight excluding hydrogens is 727 g/mol. The van der Waals surface area contributed by atoms with Gasteiger partial charge in [0.1, 0.15) is 0 Å². The SMILES string of the molecule is CC1(C)c2ccccc2-c2ccc(-n3c4ccccc4c4cc(-c5ccc6c7ccccc7n(-c7ccc8c9ccccc9n(-c9ccccc9)c8c7)c6c5)ccc43)cc21. The van der Waals surface area contributed by atoms with Gasteiger partial charge in [-0.25, -0.2) is 0 Å². The van der Waals surface area contributed by atoms with Crippen LogP contribution in [0.4, 0.5) is 0 Å². The Hall–Kier alpha value is -7.62. The Balaban J connectivity index is 0.991. The minimum Gasteiger partial charge on any atom is -0.309 e. The first-order valence-corrected chi connectivity index (χ1v) is 20.9. The second-order valence-electron chi connectivity index (χ2n) is 17.0. The number of aromatic nitrogens is 3. The maximum absolute atomic E-state index is 2.46. The molecule has 3 heterocycles. The molecule has 0 aliphatic heterocycles. The van der Waals surface area contributed by atoms with Crippen LogP contribution in [0.1, 0.15) is 25.0 Å². The molecule has 0 atom stereocenters. The van der Waals surface area contributed by atoms with Crippen molar-refractivity contribution in [3.8, 4) is 39.3 Å². The maximum Gasteiger partial charge on any atom is 0.0561 e. The first-order valence-electron chi connectivity index (χ1n) is 20.9. The molecule has 12 aromatic rings. The zero-order chi connectivity index (χ0) is 39.7.